The molecule has 1 aliphatic carbocycles. The van der Waals surface area contributed by atoms with Crippen LogP contribution in [0.2, 0.25) is 5.02 Å². The second-order valence-corrected chi connectivity index (χ2v) is 5.49. The summed E-state index contributed by atoms with van der Waals surface area (Å²) in [5, 5.41) is 0.444. The Morgan fingerprint density at radius 2 is 2.05 bits per heavy atom. The highest BCUT2D eigenvalue weighted by atomic mass is 35.5. The largest absolute Gasteiger partial charge is 0.398 e. The number of nitrogen functional groups attached to an aromatic ring is 1. The molecule has 0 saturated heterocycles. The molecule has 3 nitrogen and oxygen atoms in total. The first-order valence-electron chi connectivity index (χ1n) is 7.00. The van der Waals surface area contributed by atoms with Gasteiger partial charge in [0.05, 0.1) is 10.6 Å². The van der Waals surface area contributed by atoms with Gasteiger partial charge in [-0.1, -0.05) is 36.9 Å². The third-order valence-electron chi connectivity index (χ3n) is 3.88. The SMILES string of the molecule is CCN(C(=O)c1c(N)cccc1Cl)C1CCCCC1. The smallest absolute Gasteiger partial charge is 0.257 e. The van der Waals surface area contributed by atoms with Crippen molar-refractivity contribution >= 4 is 23.2 Å². The zero-order chi connectivity index (χ0) is 13.8. The summed E-state index contributed by atoms with van der Waals surface area (Å²) in [6, 6.07) is 5.56. The first kappa shape index (κ1) is 14.2. The fourth-order valence-corrected chi connectivity index (χ4v) is 3.13. The van der Waals surface area contributed by atoms with E-state index in [4.69, 9.17) is 17.3 Å². The van der Waals surface area contributed by atoms with E-state index in [1.54, 1.807) is 18.2 Å². The summed E-state index contributed by atoms with van der Waals surface area (Å²) in [5.41, 5.74) is 6.83. The Hall–Kier alpha value is -1.22. The zero-order valence-electron chi connectivity index (χ0n) is 11.4. The molecule has 104 valence electrons. The maximum absolute atomic E-state index is 12.7. The number of nitrogens with zero attached hydrogens (tertiary/aromatic N) is 1. The molecule has 0 unspecified atom stereocenters. The molecule has 1 aliphatic rings. The van der Waals surface area contributed by atoms with Crippen molar-refractivity contribution in [3.8, 4) is 0 Å². The van der Waals surface area contributed by atoms with E-state index in [1.807, 2.05) is 11.8 Å². The van der Waals surface area contributed by atoms with Gasteiger partial charge >= 0.3 is 0 Å². The molecular weight excluding hydrogens is 260 g/mol. The Morgan fingerprint density at radius 3 is 2.63 bits per heavy atom. The predicted molar refractivity (Wildman–Crippen MR) is 79.4 cm³/mol. The van der Waals surface area contributed by atoms with Crippen LogP contribution in [0.25, 0.3) is 0 Å². The van der Waals surface area contributed by atoms with Gasteiger partial charge in [0.25, 0.3) is 5.91 Å². The summed E-state index contributed by atoms with van der Waals surface area (Å²) in [6.45, 7) is 2.72. The van der Waals surface area contributed by atoms with Crippen LogP contribution in [0.3, 0.4) is 0 Å². The molecule has 0 aromatic heterocycles. The molecule has 0 radical (unpaired) electrons. The minimum atomic E-state index is -0.0301. The number of amides is 1. The van der Waals surface area contributed by atoms with Crippen LogP contribution in [0.5, 0.6) is 0 Å². The van der Waals surface area contributed by atoms with Gasteiger partial charge in [-0.2, -0.15) is 0 Å². The second-order valence-electron chi connectivity index (χ2n) is 5.09. The van der Waals surface area contributed by atoms with Crippen LogP contribution < -0.4 is 5.73 Å². The number of carbonyl (C=O) groups is 1. The second kappa shape index (κ2) is 6.29. The highest BCUT2D eigenvalue weighted by Crippen LogP contribution is 2.28. The Labute approximate surface area is 119 Å². The quantitative estimate of drug-likeness (QED) is 0.858. The number of nitrogens with two attached hydrogens (primary N) is 1. The predicted octanol–water partition coefficient (Wildman–Crippen LogP) is 3.72. The van der Waals surface area contributed by atoms with Crippen molar-refractivity contribution in [2.24, 2.45) is 0 Å². The summed E-state index contributed by atoms with van der Waals surface area (Å²) >= 11 is 6.14. The van der Waals surface area contributed by atoms with E-state index < -0.39 is 0 Å². The van der Waals surface area contributed by atoms with Crippen LogP contribution in [-0.2, 0) is 0 Å². The van der Waals surface area contributed by atoms with Gasteiger partial charge in [-0.3, -0.25) is 4.79 Å². The van der Waals surface area contributed by atoms with Gasteiger partial charge in [-0.15, -0.1) is 0 Å². The van der Waals surface area contributed by atoms with Crippen LogP contribution in [0.15, 0.2) is 18.2 Å². The molecule has 1 saturated carbocycles. The fraction of sp³-hybridized carbons (Fsp3) is 0.533. The lowest BCUT2D eigenvalue weighted by Gasteiger charge is -2.34. The van der Waals surface area contributed by atoms with E-state index in [2.05, 4.69) is 0 Å². The van der Waals surface area contributed by atoms with Crippen molar-refractivity contribution in [1.29, 1.82) is 0 Å². The number of hydrogen-bond acceptors (Lipinski definition) is 2. The maximum atomic E-state index is 12.7. The van der Waals surface area contributed by atoms with E-state index in [1.165, 1.54) is 19.3 Å². The highest BCUT2D eigenvalue weighted by molar-refractivity contribution is 6.34. The van der Waals surface area contributed by atoms with Gasteiger partial charge in [-0.25, -0.2) is 0 Å². The molecular formula is C15H21ClN2O. The van der Waals surface area contributed by atoms with Crippen LogP contribution in [0.1, 0.15) is 49.4 Å². The lowest BCUT2D eigenvalue weighted by atomic mass is 9.93. The van der Waals surface area contributed by atoms with E-state index in [0.29, 0.717) is 28.9 Å². The van der Waals surface area contributed by atoms with Crippen LogP contribution >= 0.6 is 11.6 Å². The standard InChI is InChI=1S/C15H21ClN2O/c1-2-18(11-7-4-3-5-8-11)15(19)14-12(16)9-6-10-13(14)17/h6,9-11H,2-5,7-8,17H2,1H3. The first-order valence-corrected chi connectivity index (χ1v) is 7.38. The van der Waals surface area contributed by atoms with Crippen molar-refractivity contribution in [3.63, 3.8) is 0 Å². The summed E-state index contributed by atoms with van der Waals surface area (Å²) in [7, 11) is 0. The highest BCUT2D eigenvalue weighted by Gasteiger charge is 2.27. The molecule has 1 amide bonds. The third kappa shape index (κ3) is 3.03. The molecule has 0 bridgehead atoms. The van der Waals surface area contributed by atoms with Crippen LogP contribution in [-0.4, -0.2) is 23.4 Å². The number of halogens is 1. The Balaban J connectivity index is 2.25. The minimum Gasteiger partial charge on any atom is -0.398 e. The van der Waals surface area contributed by atoms with Crippen molar-refractivity contribution in [1.82, 2.24) is 4.90 Å². The van der Waals surface area contributed by atoms with Crippen molar-refractivity contribution in [2.75, 3.05) is 12.3 Å². The molecule has 2 rings (SSSR count). The summed E-state index contributed by atoms with van der Waals surface area (Å²) in [4.78, 5) is 14.6. The molecule has 0 aliphatic heterocycles. The monoisotopic (exact) mass is 280 g/mol. The van der Waals surface area contributed by atoms with Gasteiger partial charge in [0.2, 0.25) is 0 Å². The molecule has 1 fully saturated rings. The molecule has 19 heavy (non-hydrogen) atoms. The topological polar surface area (TPSA) is 46.3 Å². The van der Waals surface area contributed by atoms with Crippen molar-refractivity contribution in [3.05, 3.63) is 28.8 Å². The van der Waals surface area contributed by atoms with Gasteiger partial charge < -0.3 is 10.6 Å². The average Bonchev–Trinajstić information content (AvgIpc) is 2.40. The fourth-order valence-electron chi connectivity index (χ4n) is 2.87. The molecule has 2 N–H and O–H groups in total. The normalized spacial score (nSPS) is 16.3. The number of benzene rings is 1. The Bertz CT molecular complexity index is 435. The van der Waals surface area contributed by atoms with Crippen LogP contribution in [0, 0.1) is 0 Å². The number of rotatable bonds is 3. The summed E-state index contributed by atoms with van der Waals surface area (Å²) in [6.07, 6.45) is 5.85. The number of carbonyl (C=O) groups excluding carboxylic acids is 1. The average molecular weight is 281 g/mol. The van der Waals surface area contributed by atoms with Gasteiger partial charge in [-0.05, 0) is 31.9 Å². The number of anilines is 1. The van der Waals surface area contributed by atoms with Crippen molar-refractivity contribution < 1.29 is 4.79 Å². The summed E-state index contributed by atoms with van der Waals surface area (Å²) in [5.74, 6) is -0.0301. The Kier molecular flexibility index (Phi) is 4.70. The lowest BCUT2D eigenvalue weighted by molar-refractivity contribution is 0.0649. The minimum absolute atomic E-state index is 0.0301. The van der Waals surface area contributed by atoms with E-state index >= 15 is 0 Å². The molecule has 0 spiro atoms. The molecule has 0 atom stereocenters. The van der Waals surface area contributed by atoms with Crippen molar-refractivity contribution in [2.45, 2.75) is 45.1 Å². The van der Waals surface area contributed by atoms with Gasteiger partial charge in [0.15, 0.2) is 0 Å². The number of hydrogen-bond donors (Lipinski definition) is 1. The lowest BCUT2D eigenvalue weighted by Crippen LogP contribution is -2.41. The third-order valence-corrected chi connectivity index (χ3v) is 4.19. The molecule has 1 aromatic carbocycles. The molecule has 0 heterocycles. The maximum Gasteiger partial charge on any atom is 0.257 e. The van der Waals surface area contributed by atoms with E-state index in [-0.39, 0.29) is 5.91 Å². The van der Waals surface area contributed by atoms with Gasteiger partial charge in [0, 0.05) is 18.3 Å². The molecule has 1 aromatic rings. The molecule has 4 heteroatoms. The van der Waals surface area contributed by atoms with E-state index in [0.717, 1.165) is 12.8 Å². The van der Waals surface area contributed by atoms with Crippen LogP contribution in [0.4, 0.5) is 5.69 Å². The van der Waals surface area contributed by atoms with E-state index in [9.17, 15) is 4.79 Å². The summed E-state index contributed by atoms with van der Waals surface area (Å²) < 4.78 is 0. The first-order chi connectivity index (χ1) is 9.15. The van der Waals surface area contributed by atoms with Gasteiger partial charge in [0.1, 0.15) is 0 Å². The Morgan fingerprint density at radius 1 is 1.37 bits per heavy atom. The zero-order valence-corrected chi connectivity index (χ0v) is 12.1.